The third-order valence-electron chi connectivity index (χ3n) is 6.88. The van der Waals surface area contributed by atoms with Crippen LogP contribution >= 0.6 is 15.9 Å². The number of aromatic nitrogens is 2. The van der Waals surface area contributed by atoms with Crippen molar-refractivity contribution in [2.24, 2.45) is 17.8 Å². The molecule has 1 aromatic rings. The van der Waals surface area contributed by atoms with Gasteiger partial charge in [-0.3, -0.25) is 9.59 Å². The fourth-order valence-corrected chi connectivity index (χ4v) is 5.84. The molecule has 0 saturated heterocycles. The molecule has 0 amide bonds. The van der Waals surface area contributed by atoms with E-state index in [4.69, 9.17) is 0 Å². The first-order chi connectivity index (χ1) is 12.6. The number of nitrogens with zero attached hydrogens (tertiary/aromatic N) is 1. The Hall–Kier alpha value is -0.970. The molecule has 0 aromatic carbocycles. The molecule has 142 valence electrons. The van der Waals surface area contributed by atoms with Gasteiger partial charge in [0.1, 0.15) is 5.69 Å². The van der Waals surface area contributed by atoms with Crippen LogP contribution in [0, 0.1) is 17.8 Å². The Kier molecular flexibility index (Phi) is 5.63. The monoisotopic (exact) mass is 420 g/mol. The Balaban J connectivity index is 1.58. The van der Waals surface area contributed by atoms with Gasteiger partial charge in [0, 0.05) is 0 Å². The quantitative estimate of drug-likeness (QED) is 0.646. The van der Waals surface area contributed by atoms with Gasteiger partial charge in [0.25, 0.3) is 0 Å². The molecule has 3 aliphatic carbocycles. The number of fused-ring (bicyclic) bond motifs is 1. The van der Waals surface area contributed by atoms with Gasteiger partial charge in [-0.1, -0.05) is 64.2 Å². The number of rotatable bonds is 4. The van der Waals surface area contributed by atoms with Crippen LogP contribution in [0.1, 0.15) is 99.2 Å². The second-order valence-electron chi connectivity index (χ2n) is 8.64. The van der Waals surface area contributed by atoms with E-state index in [-0.39, 0.29) is 17.5 Å². The van der Waals surface area contributed by atoms with Crippen LogP contribution in [0.4, 0.5) is 0 Å². The van der Waals surface area contributed by atoms with E-state index >= 15 is 0 Å². The summed E-state index contributed by atoms with van der Waals surface area (Å²) in [5.74, 6) is 0.622. The second-order valence-corrected chi connectivity index (χ2v) is 9.39. The predicted molar refractivity (Wildman–Crippen MR) is 104 cm³/mol. The number of H-pyrrole nitrogens is 1. The van der Waals surface area contributed by atoms with Crippen molar-refractivity contribution < 1.29 is 9.59 Å². The SMILES string of the molecule is O=C1c2nc(Br)[nH]c2C(CC2CCCCC2)C(=O)C1CC1CCCCC1. The molecule has 2 atom stereocenters. The summed E-state index contributed by atoms with van der Waals surface area (Å²) in [7, 11) is 0. The van der Waals surface area contributed by atoms with E-state index in [9.17, 15) is 9.59 Å². The lowest BCUT2D eigenvalue weighted by molar-refractivity contribution is -0.124. The number of carbonyl (C=O) groups is 2. The summed E-state index contributed by atoms with van der Waals surface area (Å²) in [6, 6.07) is 0. The highest BCUT2D eigenvalue weighted by Gasteiger charge is 2.44. The first-order valence-electron chi connectivity index (χ1n) is 10.5. The number of ketones is 2. The summed E-state index contributed by atoms with van der Waals surface area (Å²) in [5.41, 5.74) is 1.30. The number of carbonyl (C=O) groups excluding carboxylic acids is 2. The zero-order valence-electron chi connectivity index (χ0n) is 15.4. The fraction of sp³-hybridized carbons (Fsp3) is 0.762. The molecule has 2 fully saturated rings. The lowest BCUT2D eigenvalue weighted by atomic mass is 9.70. The van der Waals surface area contributed by atoms with E-state index in [0.29, 0.717) is 22.3 Å². The van der Waals surface area contributed by atoms with Crippen molar-refractivity contribution in [3.05, 3.63) is 16.1 Å². The van der Waals surface area contributed by atoms with Gasteiger partial charge in [-0.15, -0.1) is 0 Å². The minimum atomic E-state index is -0.464. The number of imidazole rings is 1. The summed E-state index contributed by atoms with van der Waals surface area (Å²) in [5, 5.41) is 0. The standard InChI is InChI=1S/C21H29BrN2O2/c22-21-23-17-15(11-13-7-3-1-4-8-13)19(25)16(20(26)18(17)24-21)12-14-9-5-2-6-10-14/h13-16H,1-12H2,(H,23,24). The van der Waals surface area contributed by atoms with Gasteiger partial charge in [0.15, 0.2) is 16.3 Å². The zero-order chi connectivity index (χ0) is 18.1. The number of hydrogen-bond acceptors (Lipinski definition) is 3. The third kappa shape index (κ3) is 3.69. The lowest BCUT2D eigenvalue weighted by Gasteiger charge is -2.32. The Morgan fingerprint density at radius 3 is 1.96 bits per heavy atom. The molecule has 1 N–H and O–H groups in total. The van der Waals surface area contributed by atoms with Crippen LogP contribution in [0.25, 0.3) is 0 Å². The largest absolute Gasteiger partial charge is 0.335 e. The van der Waals surface area contributed by atoms with Crippen molar-refractivity contribution in [2.45, 2.75) is 83.0 Å². The van der Waals surface area contributed by atoms with Gasteiger partial charge in [-0.2, -0.15) is 0 Å². The molecule has 0 radical (unpaired) electrons. The van der Waals surface area contributed by atoms with Gasteiger partial charge in [-0.05, 0) is 40.6 Å². The Bertz CT molecular complexity index is 672. The van der Waals surface area contributed by atoms with Crippen LogP contribution in [0.5, 0.6) is 0 Å². The maximum absolute atomic E-state index is 13.4. The Labute approximate surface area is 164 Å². The smallest absolute Gasteiger partial charge is 0.193 e. The minimum absolute atomic E-state index is 0.0441. The molecule has 0 bridgehead atoms. The van der Waals surface area contributed by atoms with Gasteiger partial charge in [0.05, 0.1) is 17.5 Å². The molecule has 4 nitrogen and oxygen atoms in total. The number of Topliss-reactive ketones (excluding diaryl/α,β-unsaturated/α-hetero) is 2. The van der Waals surface area contributed by atoms with E-state index in [1.54, 1.807) is 0 Å². The van der Waals surface area contributed by atoms with Gasteiger partial charge < -0.3 is 4.98 Å². The summed E-state index contributed by atoms with van der Waals surface area (Å²) in [4.78, 5) is 34.0. The van der Waals surface area contributed by atoms with Crippen LogP contribution in [-0.2, 0) is 4.79 Å². The topological polar surface area (TPSA) is 62.8 Å². The van der Waals surface area contributed by atoms with Crippen molar-refractivity contribution in [3.8, 4) is 0 Å². The number of halogens is 1. The molecule has 1 aromatic heterocycles. The Morgan fingerprint density at radius 1 is 0.846 bits per heavy atom. The van der Waals surface area contributed by atoms with Gasteiger partial charge in [0.2, 0.25) is 0 Å². The number of aromatic amines is 1. The van der Waals surface area contributed by atoms with E-state index in [2.05, 4.69) is 25.9 Å². The minimum Gasteiger partial charge on any atom is -0.335 e. The van der Waals surface area contributed by atoms with E-state index in [1.165, 1.54) is 64.2 Å². The lowest BCUT2D eigenvalue weighted by Crippen LogP contribution is -2.38. The highest BCUT2D eigenvalue weighted by Crippen LogP contribution is 2.42. The molecule has 3 aliphatic rings. The summed E-state index contributed by atoms with van der Waals surface area (Å²) < 4.78 is 0.579. The molecule has 0 aliphatic heterocycles. The van der Waals surface area contributed by atoms with Crippen LogP contribution in [0.2, 0.25) is 0 Å². The van der Waals surface area contributed by atoms with Crippen molar-refractivity contribution in [1.82, 2.24) is 9.97 Å². The normalized spacial score (nSPS) is 28.3. The Morgan fingerprint density at radius 2 is 1.38 bits per heavy atom. The highest BCUT2D eigenvalue weighted by molar-refractivity contribution is 9.10. The average Bonchev–Trinajstić information content (AvgIpc) is 3.06. The molecule has 1 heterocycles. The summed E-state index contributed by atoms with van der Waals surface area (Å²) >= 11 is 3.38. The molecular formula is C21H29BrN2O2. The van der Waals surface area contributed by atoms with Crippen LogP contribution in [-0.4, -0.2) is 21.5 Å². The molecule has 4 rings (SSSR count). The van der Waals surface area contributed by atoms with E-state index in [0.717, 1.165) is 18.5 Å². The summed E-state index contributed by atoms with van der Waals surface area (Å²) in [6.07, 6.45) is 14.0. The molecule has 2 saturated carbocycles. The average molecular weight is 421 g/mol. The fourth-order valence-electron chi connectivity index (χ4n) is 5.45. The summed E-state index contributed by atoms with van der Waals surface area (Å²) in [6.45, 7) is 0. The second kappa shape index (κ2) is 7.95. The maximum Gasteiger partial charge on any atom is 0.193 e. The molecule has 0 spiro atoms. The van der Waals surface area contributed by atoms with Gasteiger partial charge >= 0.3 is 0 Å². The van der Waals surface area contributed by atoms with Crippen LogP contribution in [0.3, 0.4) is 0 Å². The van der Waals surface area contributed by atoms with Crippen molar-refractivity contribution in [2.75, 3.05) is 0 Å². The van der Waals surface area contributed by atoms with E-state index in [1.807, 2.05) is 0 Å². The zero-order valence-corrected chi connectivity index (χ0v) is 17.0. The third-order valence-corrected chi connectivity index (χ3v) is 7.25. The van der Waals surface area contributed by atoms with Crippen molar-refractivity contribution >= 4 is 27.5 Å². The number of nitrogens with one attached hydrogen (secondary N) is 1. The highest BCUT2D eigenvalue weighted by atomic mass is 79.9. The predicted octanol–water partition coefficient (Wildman–Crippen LogP) is 5.58. The molecule has 2 unspecified atom stereocenters. The molecule has 26 heavy (non-hydrogen) atoms. The number of hydrogen-bond donors (Lipinski definition) is 1. The van der Waals surface area contributed by atoms with E-state index < -0.39 is 5.92 Å². The first kappa shape index (κ1) is 18.4. The van der Waals surface area contributed by atoms with Crippen molar-refractivity contribution in [3.63, 3.8) is 0 Å². The first-order valence-corrected chi connectivity index (χ1v) is 11.3. The van der Waals surface area contributed by atoms with Crippen LogP contribution in [0.15, 0.2) is 4.73 Å². The maximum atomic E-state index is 13.4. The molecular weight excluding hydrogens is 392 g/mol. The van der Waals surface area contributed by atoms with Gasteiger partial charge in [-0.25, -0.2) is 4.98 Å². The van der Waals surface area contributed by atoms with Crippen molar-refractivity contribution in [1.29, 1.82) is 0 Å². The molecule has 5 heteroatoms. The van der Waals surface area contributed by atoms with Crippen LogP contribution < -0.4 is 0 Å².